The molecule has 1 aromatic carbocycles. The van der Waals surface area contributed by atoms with Gasteiger partial charge in [0.25, 0.3) is 0 Å². The van der Waals surface area contributed by atoms with Crippen molar-refractivity contribution in [3.05, 3.63) is 18.2 Å². The first-order chi connectivity index (χ1) is 9.83. The van der Waals surface area contributed by atoms with Crippen molar-refractivity contribution in [2.24, 2.45) is 0 Å². The molecule has 0 aromatic heterocycles. The highest BCUT2D eigenvalue weighted by molar-refractivity contribution is 5.65. The molecule has 0 bridgehead atoms. The van der Waals surface area contributed by atoms with Gasteiger partial charge in [-0.2, -0.15) is 0 Å². The van der Waals surface area contributed by atoms with Gasteiger partial charge in [-0.15, -0.1) is 0 Å². The Morgan fingerprint density at radius 3 is 2.80 bits per heavy atom. The molecular formula is C14H20N2O4. The van der Waals surface area contributed by atoms with Gasteiger partial charge >= 0.3 is 0 Å². The topological polar surface area (TPSA) is 65.4 Å². The molecule has 2 aliphatic heterocycles. The van der Waals surface area contributed by atoms with E-state index in [-0.39, 0.29) is 19.4 Å². The second-order valence-electron chi connectivity index (χ2n) is 5.04. The zero-order valence-corrected chi connectivity index (χ0v) is 11.4. The monoisotopic (exact) mass is 280 g/mol. The van der Waals surface area contributed by atoms with Gasteiger partial charge in [0.2, 0.25) is 0 Å². The van der Waals surface area contributed by atoms with E-state index in [4.69, 9.17) is 9.47 Å². The first kappa shape index (κ1) is 13.5. The summed E-state index contributed by atoms with van der Waals surface area (Å²) in [4.78, 5) is 4.06. The van der Waals surface area contributed by atoms with Gasteiger partial charge in [0.15, 0.2) is 11.5 Å². The Balaban J connectivity index is 1.83. The van der Waals surface area contributed by atoms with Crippen LogP contribution in [0.25, 0.3) is 0 Å². The summed E-state index contributed by atoms with van der Waals surface area (Å²) in [6.45, 7) is 3.31. The van der Waals surface area contributed by atoms with Gasteiger partial charge in [-0.25, -0.2) is 0 Å². The number of rotatable bonds is 3. The van der Waals surface area contributed by atoms with Crippen LogP contribution in [0.1, 0.15) is 0 Å². The van der Waals surface area contributed by atoms with Crippen LogP contribution in [0.4, 0.5) is 5.69 Å². The molecule has 0 radical (unpaired) electrons. The summed E-state index contributed by atoms with van der Waals surface area (Å²) >= 11 is 0. The summed E-state index contributed by atoms with van der Waals surface area (Å²) in [6, 6.07) is 5.81. The summed E-state index contributed by atoms with van der Waals surface area (Å²) < 4.78 is 11.3. The Hall–Kier alpha value is -1.50. The quantitative estimate of drug-likeness (QED) is 0.805. The van der Waals surface area contributed by atoms with Gasteiger partial charge in [0.05, 0.1) is 25.1 Å². The second kappa shape index (κ2) is 5.87. The van der Waals surface area contributed by atoms with Crippen molar-refractivity contribution in [2.45, 2.75) is 6.04 Å². The molecule has 0 aliphatic carbocycles. The molecule has 1 saturated heterocycles. The van der Waals surface area contributed by atoms with Crippen LogP contribution in [-0.2, 0) is 0 Å². The molecule has 0 saturated carbocycles. The van der Waals surface area contributed by atoms with Gasteiger partial charge < -0.3 is 24.6 Å². The molecule has 2 aliphatic rings. The van der Waals surface area contributed by atoms with Crippen LogP contribution >= 0.6 is 0 Å². The van der Waals surface area contributed by atoms with Crippen LogP contribution < -0.4 is 14.4 Å². The largest absolute Gasteiger partial charge is 0.486 e. The average molecular weight is 280 g/mol. The lowest BCUT2D eigenvalue weighted by molar-refractivity contribution is 0.0329. The number of piperazine rings is 1. The summed E-state index contributed by atoms with van der Waals surface area (Å²) in [5, 5.41) is 18.8. The molecule has 1 aromatic rings. The molecule has 0 spiro atoms. The number of anilines is 1. The molecule has 1 unspecified atom stereocenters. The fourth-order valence-corrected chi connectivity index (χ4v) is 2.78. The summed E-state index contributed by atoms with van der Waals surface area (Å²) in [6.07, 6.45) is 0. The number of para-hydroxylation sites is 1. The van der Waals surface area contributed by atoms with Crippen molar-refractivity contribution in [3.8, 4) is 11.5 Å². The van der Waals surface area contributed by atoms with E-state index < -0.39 is 0 Å². The third kappa shape index (κ3) is 2.42. The van der Waals surface area contributed by atoms with Gasteiger partial charge in [0.1, 0.15) is 13.2 Å². The molecule has 6 heteroatoms. The van der Waals surface area contributed by atoms with Crippen molar-refractivity contribution in [1.29, 1.82) is 0 Å². The van der Waals surface area contributed by atoms with E-state index in [1.54, 1.807) is 0 Å². The van der Waals surface area contributed by atoms with Crippen LogP contribution in [-0.4, -0.2) is 67.3 Å². The summed E-state index contributed by atoms with van der Waals surface area (Å²) in [5.74, 6) is 1.56. The summed E-state index contributed by atoms with van der Waals surface area (Å²) in [7, 11) is 0. The fourth-order valence-electron chi connectivity index (χ4n) is 2.78. The summed E-state index contributed by atoms with van der Waals surface area (Å²) in [5.41, 5.74) is 0.998. The van der Waals surface area contributed by atoms with Gasteiger partial charge in [-0.05, 0) is 12.1 Å². The number of aliphatic hydroxyl groups excluding tert-OH is 2. The third-order valence-corrected chi connectivity index (χ3v) is 3.88. The van der Waals surface area contributed by atoms with Crippen molar-refractivity contribution in [2.75, 3.05) is 51.1 Å². The lowest BCUT2D eigenvalue weighted by atomic mass is 10.1. The number of hydrogen-bond acceptors (Lipinski definition) is 6. The standard InChI is InChI=1S/C14H20N2O4/c17-9-11-8-15(4-5-16(11)10-18)12-2-1-3-13-14(12)20-7-6-19-13/h1-3,11,17-18H,4-10H2. The Kier molecular flexibility index (Phi) is 3.95. The number of fused-ring (bicyclic) bond motifs is 1. The predicted octanol–water partition coefficient (Wildman–Crippen LogP) is -0.110. The maximum Gasteiger partial charge on any atom is 0.184 e. The van der Waals surface area contributed by atoms with E-state index in [0.717, 1.165) is 23.7 Å². The molecule has 6 nitrogen and oxygen atoms in total. The minimum absolute atomic E-state index is 0.0222. The fraction of sp³-hybridized carbons (Fsp3) is 0.571. The normalized spacial score (nSPS) is 22.9. The first-order valence-corrected chi connectivity index (χ1v) is 6.93. The molecule has 110 valence electrons. The van der Waals surface area contributed by atoms with Crippen molar-refractivity contribution in [3.63, 3.8) is 0 Å². The molecular weight excluding hydrogens is 260 g/mol. The minimum atomic E-state index is -0.0610. The van der Waals surface area contributed by atoms with Gasteiger partial charge in [0, 0.05) is 19.6 Å². The van der Waals surface area contributed by atoms with Crippen LogP contribution in [0.15, 0.2) is 18.2 Å². The highest BCUT2D eigenvalue weighted by Crippen LogP contribution is 2.40. The van der Waals surface area contributed by atoms with Crippen LogP contribution in [0.3, 0.4) is 0 Å². The number of benzene rings is 1. The first-order valence-electron chi connectivity index (χ1n) is 6.93. The highest BCUT2D eigenvalue weighted by atomic mass is 16.6. The van der Waals surface area contributed by atoms with Crippen LogP contribution in [0.5, 0.6) is 11.5 Å². The number of nitrogens with zero attached hydrogens (tertiary/aromatic N) is 2. The number of aliphatic hydroxyl groups is 2. The van der Waals surface area contributed by atoms with E-state index in [9.17, 15) is 10.2 Å². The van der Waals surface area contributed by atoms with E-state index in [1.807, 2.05) is 23.1 Å². The molecule has 0 amide bonds. The van der Waals surface area contributed by atoms with E-state index in [0.29, 0.717) is 26.3 Å². The van der Waals surface area contributed by atoms with Crippen molar-refractivity contribution >= 4 is 5.69 Å². The molecule has 2 N–H and O–H groups in total. The zero-order valence-electron chi connectivity index (χ0n) is 11.4. The van der Waals surface area contributed by atoms with E-state index in [2.05, 4.69) is 4.90 Å². The highest BCUT2D eigenvalue weighted by Gasteiger charge is 2.28. The maximum atomic E-state index is 9.46. The van der Waals surface area contributed by atoms with Gasteiger partial charge in [-0.3, -0.25) is 4.90 Å². The smallest absolute Gasteiger partial charge is 0.184 e. The number of ether oxygens (including phenoxy) is 2. The minimum Gasteiger partial charge on any atom is -0.486 e. The lowest BCUT2D eigenvalue weighted by Gasteiger charge is -2.41. The van der Waals surface area contributed by atoms with E-state index >= 15 is 0 Å². The Morgan fingerprint density at radius 1 is 1.15 bits per heavy atom. The second-order valence-corrected chi connectivity index (χ2v) is 5.04. The number of hydrogen-bond donors (Lipinski definition) is 2. The lowest BCUT2D eigenvalue weighted by Crippen LogP contribution is -2.55. The van der Waals surface area contributed by atoms with E-state index in [1.165, 1.54) is 0 Å². The molecule has 20 heavy (non-hydrogen) atoms. The molecule has 1 atom stereocenters. The van der Waals surface area contributed by atoms with Crippen LogP contribution in [0.2, 0.25) is 0 Å². The molecule has 1 fully saturated rings. The third-order valence-electron chi connectivity index (χ3n) is 3.88. The van der Waals surface area contributed by atoms with Crippen LogP contribution in [0, 0.1) is 0 Å². The Morgan fingerprint density at radius 2 is 2.00 bits per heavy atom. The zero-order chi connectivity index (χ0) is 13.9. The van der Waals surface area contributed by atoms with Gasteiger partial charge in [-0.1, -0.05) is 6.07 Å². The SMILES string of the molecule is OCC1CN(c2cccc3c2OCCO3)CCN1CO. The maximum absolute atomic E-state index is 9.46. The van der Waals surface area contributed by atoms with Crippen molar-refractivity contribution < 1.29 is 19.7 Å². The molecule has 3 rings (SSSR count). The average Bonchev–Trinajstić information content (AvgIpc) is 2.53. The Labute approximate surface area is 118 Å². The molecule has 2 heterocycles. The Bertz CT molecular complexity index is 468. The predicted molar refractivity (Wildman–Crippen MR) is 74.3 cm³/mol. The van der Waals surface area contributed by atoms with Crippen molar-refractivity contribution in [1.82, 2.24) is 4.90 Å².